The highest BCUT2D eigenvalue weighted by Gasteiger charge is 2.06. The number of benzene rings is 2. The molecule has 0 saturated heterocycles. The van der Waals surface area contributed by atoms with Crippen LogP contribution in [0.4, 0.5) is 0 Å². The highest BCUT2D eigenvalue weighted by Crippen LogP contribution is 2.20. The lowest BCUT2D eigenvalue weighted by Crippen LogP contribution is -2.29. The van der Waals surface area contributed by atoms with Crippen molar-refractivity contribution >= 4 is 23.0 Å². The Morgan fingerprint density at radius 3 is 2.40 bits per heavy atom. The second kappa shape index (κ2) is 7.00. The Morgan fingerprint density at radius 1 is 1.04 bits per heavy atom. The van der Waals surface area contributed by atoms with Gasteiger partial charge >= 0.3 is 0 Å². The molecule has 2 aromatic carbocycles. The zero-order chi connectivity index (χ0) is 17.8. The fourth-order valence-corrected chi connectivity index (χ4v) is 3.54. The molecule has 0 radical (unpaired) electrons. The molecule has 25 heavy (non-hydrogen) atoms. The van der Waals surface area contributed by atoms with Gasteiger partial charge in [-0.2, -0.15) is 10.5 Å². The summed E-state index contributed by atoms with van der Waals surface area (Å²) in [6.07, 6.45) is 1.79. The molecule has 4 nitrogen and oxygen atoms in total. The Balaban J connectivity index is 2.17. The maximum Gasteiger partial charge on any atom is 0.268 e. The van der Waals surface area contributed by atoms with Gasteiger partial charge in [0.15, 0.2) is 5.57 Å². The Bertz CT molecular complexity index is 1170. The minimum absolute atomic E-state index is 0.0534. The second-order valence-corrected chi connectivity index (χ2v) is 6.40. The van der Waals surface area contributed by atoms with Crippen molar-refractivity contribution in [1.82, 2.24) is 4.57 Å². The summed E-state index contributed by atoms with van der Waals surface area (Å²) in [5.41, 5.74) is 2.78. The Labute approximate surface area is 148 Å². The van der Waals surface area contributed by atoms with Gasteiger partial charge in [-0.25, -0.2) is 0 Å². The Morgan fingerprint density at radius 2 is 1.72 bits per heavy atom. The fourth-order valence-electron chi connectivity index (χ4n) is 2.49. The summed E-state index contributed by atoms with van der Waals surface area (Å²) in [6.45, 7) is 0. The second-order valence-electron chi connectivity index (χ2n) is 5.37. The highest BCUT2D eigenvalue weighted by atomic mass is 32.1. The smallest absolute Gasteiger partial charge is 0.268 e. The van der Waals surface area contributed by atoms with Crippen LogP contribution in [0.5, 0.6) is 0 Å². The van der Waals surface area contributed by atoms with Gasteiger partial charge in [-0.3, -0.25) is 4.79 Å². The van der Waals surface area contributed by atoms with Gasteiger partial charge in [-0.05, 0) is 28.8 Å². The van der Waals surface area contributed by atoms with Crippen LogP contribution in [-0.2, 0) is 7.05 Å². The molecule has 0 aliphatic carbocycles. The topological polar surface area (TPSA) is 69.6 Å². The molecule has 0 bridgehead atoms. The van der Waals surface area contributed by atoms with Crippen molar-refractivity contribution in [1.29, 1.82) is 10.5 Å². The third-order valence-electron chi connectivity index (χ3n) is 3.76. The number of nitriles is 2. The van der Waals surface area contributed by atoms with Crippen LogP contribution < -0.4 is 14.8 Å². The quantitative estimate of drug-likeness (QED) is 0.716. The molecule has 0 atom stereocenters. The molecule has 1 heterocycles. The van der Waals surface area contributed by atoms with Crippen molar-refractivity contribution in [3.63, 3.8) is 0 Å². The first-order chi connectivity index (χ1) is 12.1. The van der Waals surface area contributed by atoms with Crippen molar-refractivity contribution in [3.8, 4) is 23.3 Å². The van der Waals surface area contributed by atoms with Crippen molar-refractivity contribution in [2.24, 2.45) is 7.05 Å². The lowest BCUT2D eigenvalue weighted by Gasteiger charge is -2.02. The van der Waals surface area contributed by atoms with Gasteiger partial charge in [-0.15, -0.1) is 11.3 Å². The van der Waals surface area contributed by atoms with E-state index in [1.165, 1.54) is 4.57 Å². The molecule has 3 rings (SSSR count). The van der Waals surface area contributed by atoms with Crippen LogP contribution in [0.2, 0.25) is 0 Å². The zero-order valence-electron chi connectivity index (χ0n) is 13.4. The molecule has 0 amide bonds. The summed E-state index contributed by atoms with van der Waals surface area (Å²) in [5, 5.41) is 18.1. The molecule has 0 aliphatic heterocycles. The minimum Gasteiger partial charge on any atom is -0.300 e. The van der Waals surface area contributed by atoms with Crippen molar-refractivity contribution in [3.05, 3.63) is 79.7 Å². The van der Waals surface area contributed by atoms with Crippen LogP contribution in [0.1, 0.15) is 5.56 Å². The highest BCUT2D eigenvalue weighted by molar-refractivity contribution is 7.07. The monoisotopic (exact) mass is 343 g/mol. The van der Waals surface area contributed by atoms with E-state index in [0.29, 0.717) is 9.20 Å². The average Bonchev–Trinajstić information content (AvgIpc) is 2.92. The number of rotatable bonds is 2. The lowest BCUT2D eigenvalue weighted by atomic mass is 10.0. The molecule has 5 heteroatoms. The van der Waals surface area contributed by atoms with Gasteiger partial charge < -0.3 is 4.57 Å². The van der Waals surface area contributed by atoms with E-state index in [1.807, 2.05) is 66.7 Å². The first-order valence-corrected chi connectivity index (χ1v) is 8.33. The first kappa shape index (κ1) is 16.4. The van der Waals surface area contributed by atoms with Gasteiger partial charge in [-0.1, -0.05) is 48.5 Å². The van der Waals surface area contributed by atoms with E-state index in [1.54, 1.807) is 13.1 Å². The molecule has 0 aliphatic rings. The van der Waals surface area contributed by atoms with Gasteiger partial charge in [0.05, 0.1) is 4.53 Å². The minimum atomic E-state index is -0.215. The van der Waals surface area contributed by atoms with Crippen LogP contribution in [-0.4, -0.2) is 4.57 Å². The van der Waals surface area contributed by atoms with Gasteiger partial charge in [0.2, 0.25) is 0 Å². The normalized spacial score (nSPS) is 10.9. The Kier molecular flexibility index (Phi) is 4.61. The molecular weight excluding hydrogens is 330 g/mol. The molecule has 0 fully saturated rings. The average molecular weight is 343 g/mol. The Hall–Kier alpha value is -3.41. The number of hydrogen-bond acceptors (Lipinski definition) is 4. The molecular formula is C20H13N3OS. The molecule has 0 spiro atoms. The largest absolute Gasteiger partial charge is 0.300 e. The van der Waals surface area contributed by atoms with E-state index in [9.17, 15) is 4.79 Å². The third-order valence-corrected chi connectivity index (χ3v) is 4.94. The summed E-state index contributed by atoms with van der Waals surface area (Å²) < 4.78 is 2.21. The summed E-state index contributed by atoms with van der Waals surface area (Å²) in [5.74, 6) is 0. The predicted octanol–water partition coefficient (Wildman–Crippen LogP) is 2.14. The summed E-state index contributed by atoms with van der Waals surface area (Å²) in [4.78, 5) is 12.4. The van der Waals surface area contributed by atoms with Crippen LogP contribution >= 0.6 is 11.3 Å². The van der Waals surface area contributed by atoms with E-state index in [4.69, 9.17) is 10.5 Å². The van der Waals surface area contributed by atoms with E-state index >= 15 is 0 Å². The van der Waals surface area contributed by atoms with Crippen LogP contribution in [0, 0.1) is 22.7 Å². The van der Waals surface area contributed by atoms with Crippen LogP contribution in [0.3, 0.4) is 0 Å². The molecule has 120 valence electrons. The molecule has 3 aromatic rings. The van der Waals surface area contributed by atoms with Crippen LogP contribution in [0.25, 0.3) is 22.8 Å². The number of thiazole rings is 1. The molecule has 1 aromatic heterocycles. The predicted molar refractivity (Wildman–Crippen MR) is 98.9 cm³/mol. The summed E-state index contributed by atoms with van der Waals surface area (Å²) >= 11 is 1.15. The number of hydrogen-bond donors (Lipinski definition) is 0. The maximum atomic E-state index is 12.4. The number of aromatic nitrogens is 1. The van der Waals surface area contributed by atoms with E-state index in [2.05, 4.69) is 0 Å². The van der Waals surface area contributed by atoms with E-state index in [0.717, 1.165) is 28.0 Å². The van der Waals surface area contributed by atoms with Crippen molar-refractivity contribution in [2.45, 2.75) is 0 Å². The standard InChI is InChI=1S/C20H13N3OS/c1-23-19(24)18(25-20(23)17(12-21)13-22)11-14-6-5-9-16(10-14)15-7-3-2-4-8-15/h2-11H,1H3/b18-11+. The van der Waals surface area contributed by atoms with Crippen molar-refractivity contribution < 1.29 is 0 Å². The summed E-state index contributed by atoms with van der Waals surface area (Å²) in [6, 6.07) is 21.5. The molecule has 0 saturated carbocycles. The van der Waals surface area contributed by atoms with Crippen molar-refractivity contribution in [2.75, 3.05) is 0 Å². The van der Waals surface area contributed by atoms with E-state index in [-0.39, 0.29) is 11.1 Å². The number of nitrogens with zero attached hydrogens (tertiary/aromatic N) is 3. The van der Waals surface area contributed by atoms with E-state index < -0.39 is 0 Å². The molecule has 0 unspecified atom stereocenters. The van der Waals surface area contributed by atoms with Crippen LogP contribution in [0.15, 0.2) is 59.4 Å². The maximum absolute atomic E-state index is 12.4. The lowest BCUT2D eigenvalue weighted by molar-refractivity contribution is 0.855. The van der Waals surface area contributed by atoms with Gasteiger partial charge in [0, 0.05) is 7.05 Å². The van der Waals surface area contributed by atoms with Gasteiger partial charge in [0.1, 0.15) is 16.8 Å². The third kappa shape index (κ3) is 3.28. The molecule has 0 N–H and O–H groups in total. The summed E-state index contributed by atoms with van der Waals surface area (Å²) in [7, 11) is 1.57. The van der Waals surface area contributed by atoms with Gasteiger partial charge in [0.25, 0.3) is 5.56 Å². The zero-order valence-corrected chi connectivity index (χ0v) is 14.2. The fraction of sp³-hybridized carbons (Fsp3) is 0.0500. The SMILES string of the molecule is Cn1c(=C(C#N)C#N)s/c(=C/c2cccc(-c3ccccc3)c2)c1=O. The first-order valence-electron chi connectivity index (χ1n) is 7.51.